The number of hydrogen-bond donors (Lipinski definition) is 1. The summed E-state index contributed by atoms with van der Waals surface area (Å²) >= 11 is 0. The second kappa shape index (κ2) is 12.8. The molecule has 1 N–H and O–H groups in total. The Balaban J connectivity index is 1.48. The van der Waals surface area contributed by atoms with Crippen molar-refractivity contribution in [3.63, 3.8) is 0 Å². The predicted molar refractivity (Wildman–Crippen MR) is 133 cm³/mol. The van der Waals surface area contributed by atoms with E-state index in [0.29, 0.717) is 35.7 Å². The molecule has 1 aliphatic heterocycles. The zero-order valence-corrected chi connectivity index (χ0v) is 20.7. The first-order valence-electron chi connectivity index (χ1n) is 11.7. The number of piperidine rings is 1. The van der Waals surface area contributed by atoms with E-state index in [1.165, 1.54) is 51.7 Å². The van der Waals surface area contributed by atoms with Gasteiger partial charge in [0.2, 0.25) is 5.91 Å². The third-order valence-corrected chi connectivity index (χ3v) is 6.19. The van der Waals surface area contributed by atoms with Gasteiger partial charge in [0.05, 0.1) is 21.3 Å². The molecule has 0 aliphatic carbocycles. The summed E-state index contributed by atoms with van der Waals surface area (Å²) in [6, 6.07) is 8.79. The molecule has 1 saturated heterocycles. The molecule has 1 aliphatic rings. The van der Waals surface area contributed by atoms with E-state index < -0.39 is 5.97 Å². The average molecular weight is 499 g/mol. The fourth-order valence-corrected chi connectivity index (χ4v) is 4.15. The maximum Gasteiger partial charge on any atom is 0.341 e. The molecule has 192 valence electrons. The SMILES string of the molecule is COC(=O)c1cc(/C=C/C(=O)NCCN2CCC(C(=O)c3ccc(F)cc3)CC2)c(OC)cc1OC. The molecule has 1 fully saturated rings. The molecule has 0 spiro atoms. The number of carbonyl (C=O) groups is 3. The van der Waals surface area contributed by atoms with E-state index in [0.717, 1.165) is 25.9 Å². The minimum atomic E-state index is -0.559. The van der Waals surface area contributed by atoms with Gasteiger partial charge in [-0.1, -0.05) is 0 Å². The smallest absolute Gasteiger partial charge is 0.341 e. The van der Waals surface area contributed by atoms with Crippen molar-refractivity contribution in [2.24, 2.45) is 5.92 Å². The molecule has 9 heteroatoms. The van der Waals surface area contributed by atoms with Gasteiger partial charge in [-0.2, -0.15) is 0 Å². The Morgan fingerprint density at radius 2 is 1.69 bits per heavy atom. The Bertz CT molecular complexity index is 1110. The topological polar surface area (TPSA) is 94.2 Å². The maximum absolute atomic E-state index is 13.1. The number of ether oxygens (including phenoxy) is 3. The molecule has 0 atom stereocenters. The van der Waals surface area contributed by atoms with Crippen molar-refractivity contribution in [2.45, 2.75) is 12.8 Å². The number of nitrogens with one attached hydrogen (secondary N) is 1. The van der Waals surface area contributed by atoms with Crippen LogP contribution in [0.25, 0.3) is 6.08 Å². The van der Waals surface area contributed by atoms with Crippen molar-refractivity contribution in [2.75, 3.05) is 47.5 Å². The summed E-state index contributed by atoms with van der Waals surface area (Å²) in [6.07, 6.45) is 4.39. The molecule has 3 rings (SSSR count). The van der Waals surface area contributed by atoms with Crippen LogP contribution in [0.3, 0.4) is 0 Å². The van der Waals surface area contributed by atoms with E-state index >= 15 is 0 Å². The minimum Gasteiger partial charge on any atom is -0.496 e. The number of halogens is 1. The van der Waals surface area contributed by atoms with Crippen molar-refractivity contribution in [1.82, 2.24) is 10.2 Å². The van der Waals surface area contributed by atoms with Gasteiger partial charge in [-0.3, -0.25) is 9.59 Å². The third kappa shape index (κ3) is 6.91. The van der Waals surface area contributed by atoms with Gasteiger partial charge in [0.25, 0.3) is 0 Å². The van der Waals surface area contributed by atoms with Crippen molar-refractivity contribution in [3.8, 4) is 11.5 Å². The Kier molecular flexibility index (Phi) is 9.58. The highest BCUT2D eigenvalue weighted by Crippen LogP contribution is 2.30. The van der Waals surface area contributed by atoms with Gasteiger partial charge in [0.1, 0.15) is 22.9 Å². The highest BCUT2D eigenvalue weighted by molar-refractivity contribution is 5.98. The number of methoxy groups -OCH3 is 3. The van der Waals surface area contributed by atoms with Gasteiger partial charge in [0, 0.05) is 42.3 Å². The summed E-state index contributed by atoms with van der Waals surface area (Å²) in [5.41, 5.74) is 1.30. The highest BCUT2D eigenvalue weighted by Gasteiger charge is 2.25. The molecule has 0 aromatic heterocycles. The van der Waals surface area contributed by atoms with Gasteiger partial charge in [-0.15, -0.1) is 0 Å². The lowest BCUT2D eigenvalue weighted by Crippen LogP contribution is -2.40. The maximum atomic E-state index is 13.1. The largest absolute Gasteiger partial charge is 0.496 e. The predicted octanol–water partition coefficient (Wildman–Crippen LogP) is 3.35. The Morgan fingerprint density at radius 1 is 1.03 bits per heavy atom. The molecular formula is C27H31FN2O6. The summed E-state index contributed by atoms with van der Waals surface area (Å²) in [5.74, 6) is -0.459. The van der Waals surface area contributed by atoms with Crippen LogP contribution < -0.4 is 14.8 Å². The summed E-state index contributed by atoms with van der Waals surface area (Å²) in [5, 5.41) is 2.85. The highest BCUT2D eigenvalue weighted by atomic mass is 19.1. The molecule has 0 unspecified atom stereocenters. The first kappa shape index (κ1) is 26.9. The number of rotatable bonds is 10. The van der Waals surface area contributed by atoms with Crippen molar-refractivity contribution < 1.29 is 33.0 Å². The number of Topliss-reactive ketones (excluding diaryl/α,β-unsaturated/α-hetero) is 1. The van der Waals surface area contributed by atoms with Gasteiger partial charge < -0.3 is 24.4 Å². The number of nitrogens with zero attached hydrogens (tertiary/aromatic N) is 1. The summed E-state index contributed by atoms with van der Waals surface area (Å²) in [4.78, 5) is 39.2. The van der Waals surface area contributed by atoms with Gasteiger partial charge in [0.15, 0.2) is 5.78 Å². The number of carbonyl (C=O) groups excluding carboxylic acids is 3. The van der Waals surface area contributed by atoms with Crippen LogP contribution in [0.15, 0.2) is 42.5 Å². The molecule has 0 radical (unpaired) electrons. The first-order chi connectivity index (χ1) is 17.4. The van der Waals surface area contributed by atoms with Crippen LogP contribution >= 0.6 is 0 Å². The van der Waals surface area contributed by atoms with Crippen LogP contribution in [-0.2, 0) is 9.53 Å². The number of esters is 1. The van der Waals surface area contributed by atoms with Crippen LogP contribution in [0.2, 0.25) is 0 Å². The quantitative estimate of drug-likeness (QED) is 0.305. The molecule has 0 saturated carbocycles. The number of ketones is 1. The fourth-order valence-electron chi connectivity index (χ4n) is 4.15. The van der Waals surface area contributed by atoms with E-state index in [4.69, 9.17) is 14.2 Å². The minimum absolute atomic E-state index is 0.0532. The first-order valence-corrected chi connectivity index (χ1v) is 11.7. The van der Waals surface area contributed by atoms with Gasteiger partial charge in [-0.05, 0) is 62.3 Å². The van der Waals surface area contributed by atoms with E-state index in [2.05, 4.69) is 10.2 Å². The molecule has 2 aromatic rings. The number of benzene rings is 2. The molecule has 1 heterocycles. The molecule has 0 bridgehead atoms. The molecule has 36 heavy (non-hydrogen) atoms. The molecular weight excluding hydrogens is 467 g/mol. The zero-order chi connectivity index (χ0) is 26.1. The number of likely N-dealkylation sites (tertiary alicyclic amines) is 1. The van der Waals surface area contributed by atoms with E-state index in [1.54, 1.807) is 18.2 Å². The summed E-state index contributed by atoms with van der Waals surface area (Å²) in [7, 11) is 4.21. The molecule has 8 nitrogen and oxygen atoms in total. The third-order valence-electron chi connectivity index (χ3n) is 6.19. The average Bonchev–Trinajstić information content (AvgIpc) is 2.91. The second-order valence-corrected chi connectivity index (χ2v) is 8.40. The van der Waals surface area contributed by atoms with Crippen LogP contribution in [0, 0.1) is 11.7 Å². The van der Waals surface area contributed by atoms with Crippen LogP contribution in [0.5, 0.6) is 11.5 Å². The van der Waals surface area contributed by atoms with E-state index in [9.17, 15) is 18.8 Å². The second-order valence-electron chi connectivity index (χ2n) is 8.40. The summed E-state index contributed by atoms with van der Waals surface area (Å²) < 4.78 is 28.5. The van der Waals surface area contributed by atoms with Crippen LogP contribution in [-0.4, -0.2) is 70.1 Å². The number of hydrogen-bond acceptors (Lipinski definition) is 7. The van der Waals surface area contributed by atoms with Crippen LogP contribution in [0.4, 0.5) is 4.39 Å². The van der Waals surface area contributed by atoms with Crippen molar-refractivity contribution >= 4 is 23.7 Å². The summed E-state index contributed by atoms with van der Waals surface area (Å²) in [6.45, 7) is 2.62. The molecule has 1 amide bonds. The lowest BCUT2D eigenvalue weighted by Gasteiger charge is -2.31. The lowest BCUT2D eigenvalue weighted by atomic mass is 9.89. The lowest BCUT2D eigenvalue weighted by molar-refractivity contribution is -0.116. The van der Waals surface area contributed by atoms with Crippen molar-refractivity contribution in [3.05, 3.63) is 65.0 Å². The molecule has 2 aromatic carbocycles. The Labute approximate surface area is 210 Å². The van der Waals surface area contributed by atoms with E-state index in [1.807, 2.05) is 0 Å². The monoisotopic (exact) mass is 498 g/mol. The van der Waals surface area contributed by atoms with E-state index in [-0.39, 0.29) is 29.0 Å². The van der Waals surface area contributed by atoms with Crippen LogP contribution in [0.1, 0.15) is 39.1 Å². The normalized spacial score (nSPS) is 14.4. The Hall–Kier alpha value is -3.72. The standard InChI is InChI=1S/C27H31FN2O6/c1-34-23-17-24(35-2)22(27(33)36-3)16-20(23)6-9-25(31)29-12-15-30-13-10-19(11-14-30)26(32)18-4-7-21(28)8-5-18/h4-9,16-17,19H,10-15H2,1-3H3,(H,29,31)/b9-6+. The number of amides is 1. The fraction of sp³-hybridized carbons (Fsp3) is 0.370. The van der Waals surface area contributed by atoms with Gasteiger partial charge in [-0.25, -0.2) is 9.18 Å². The van der Waals surface area contributed by atoms with Crippen molar-refractivity contribution in [1.29, 1.82) is 0 Å². The van der Waals surface area contributed by atoms with Gasteiger partial charge >= 0.3 is 5.97 Å². The Morgan fingerprint density at radius 3 is 2.31 bits per heavy atom. The zero-order valence-electron chi connectivity index (χ0n) is 20.7.